The van der Waals surface area contributed by atoms with Crippen LogP contribution in [0.1, 0.15) is 11.4 Å². The van der Waals surface area contributed by atoms with Crippen LogP contribution >= 0.6 is 11.6 Å². The zero-order valence-corrected chi connectivity index (χ0v) is 12.1. The molecule has 0 aliphatic carbocycles. The van der Waals surface area contributed by atoms with Crippen LogP contribution in [0.2, 0.25) is 5.02 Å². The van der Waals surface area contributed by atoms with Gasteiger partial charge in [-0.05, 0) is 13.8 Å². The van der Waals surface area contributed by atoms with Crippen LogP contribution in [0.5, 0.6) is 0 Å². The van der Waals surface area contributed by atoms with E-state index in [2.05, 4.69) is 5.10 Å². The molecular formula is C6H8BClF3KN2. The van der Waals surface area contributed by atoms with Crippen molar-refractivity contribution in [2.45, 2.75) is 20.3 Å². The Labute approximate surface area is 128 Å². The Kier molecular flexibility index (Phi) is 5.74. The molecule has 0 N–H and O–H groups in total. The number of halogens is 4. The minimum Gasteiger partial charge on any atom is -0.448 e. The summed E-state index contributed by atoms with van der Waals surface area (Å²) in [6, 6.07) is 0. The number of hydrogen-bond donors (Lipinski definition) is 0. The van der Waals surface area contributed by atoms with E-state index in [1.165, 1.54) is 6.92 Å². The largest absolute Gasteiger partial charge is 1.00 e. The van der Waals surface area contributed by atoms with Crippen molar-refractivity contribution in [2.24, 2.45) is 0 Å². The van der Waals surface area contributed by atoms with Gasteiger partial charge >= 0.3 is 58.4 Å². The molecule has 2 nitrogen and oxygen atoms in total. The third-order valence-electron chi connectivity index (χ3n) is 1.67. The molecule has 8 heteroatoms. The molecule has 74 valence electrons. The van der Waals surface area contributed by atoms with Crippen LogP contribution in [0.15, 0.2) is 0 Å². The fourth-order valence-corrected chi connectivity index (χ4v) is 1.18. The molecule has 0 radical (unpaired) electrons. The topological polar surface area (TPSA) is 17.8 Å². The van der Waals surface area contributed by atoms with E-state index in [0.717, 1.165) is 4.68 Å². The molecule has 1 aromatic rings. The summed E-state index contributed by atoms with van der Waals surface area (Å²) in [6.07, 6.45) is -1.03. The van der Waals surface area contributed by atoms with Gasteiger partial charge in [-0.3, -0.25) is 4.68 Å². The second-order valence-corrected chi connectivity index (χ2v) is 3.26. The summed E-state index contributed by atoms with van der Waals surface area (Å²) in [7, 11) is 0. The summed E-state index contributed by atoms with van der Waals surface area (Å²) in [5.74, 6) is 0. The zero-order valence-electron chi connectivity index (χ0n) is 8.19. The molecule has 0 fully saturated rings. The molecule has 14 heavy (non-hydrogen) atoms. The Balaban J connectivity index is 0.00000169. The summed E-state index contributed by atoms with van der Waals surface area (Å²) in [6.45, 7) is -1.76. The van der Waals surface area contributed by atoms with Gasteiger partial charge in [0.15, 0.2) is 0 Å². The maximum absolute atomic E-state index is 12.0. The fraction of sp³-hybridized carbons (Fsp3) is 0.500. The zero-order chi connectivity index (χ0) is 10.2. The standard InChI is InChI=1S/C6H8BClF3N2.K/c1-4-6(8)5(2)13(12-4)3-7(9,10)11;/h3H2,1-2H3;/q-1;+1. The molecule has 0 aliphatic rings. The maximum Gasteiger partial charge on any atom is 1.00 e. The smallest absolute Gasteiger partial charge is 0.448 e. The second kappa shape index (κ2) is 5.36. The van der Waals surface area contributed by atoms with E-state index < -0.39 is 13.4 Å². The summed E-state index contributed by atoms with van der Waals surface area (Å²) in [5, 5.41) is 3.98. The molecule has 0 saturated heterocycles. The average Bonchev–Trinajstić information content (AvgIpc) is 2.15. The molecule has 0 aromatic carbocycles. The Morgan fingerprint density at radius 1 is 1.36 bits per heavy atom. The molecule has 0 atom stereocenters. The number of aromatic nitrogens is 2. The van der Waals surface area contributed by atoms with Crippen LogP contribution in [-0.2, 0) is 6.44 Å². The summed E-state index contributed by atoms with van der Waals surface area (Å²) >= 11 is 5.68. The van der Waals surface area contributed by atoms with Gasteiger partial charge in [-0.2, -0.15) is 5.10 Å². The minimum atomic E-state index is -4.86. The molecule has 1 heterocycles. The van der Waals surface area contributed by atoms with Crippen molar-refractivity contribution in [1.29, 1.82) is 0 Å². The van der Waals surface area contributed by atoms with E-state index in [9.17, 15) is 12.9 Å². The van der Waals surface area contributed by atoms with Crippen LogP contribution in [0.25, 0.3) is 0 Å². The molecule has 0 spiro atoms. The number of hydrogen-bond acceptors (Lipinski definition) is 1. The number of nitrogens with zero attached hydrogens (tertiary/aromatic N) is 2. The van der Waals surface area contributed by atoms with Gasteiger partial charge in [0, 0.05) is 6.44 Å². The van der Waals surface area contributed by atoms with Crippen molar-refractivity contribution in [3.05, 3.63) is 16.4 Å². The average molecular weight is 251 g/mol. The Hall–Kier alpha value is 0.991. The molecular weight excluding hydrogens is 242 g/mol. The van der Waals surface area contributed by atoms with Crippen molar-refractivity contribution in [3.8, 4) is 0 Å². The van der Waals surface area contributed by atoms with Gasteiger partial charge in [0.25, 0.3) is 0 Å². The first-order chi connectivity index (χ1) is 5.81. The first-order valence-electron chi connectivity index (χ1n) is 3.72. The van der Waals surface area contributed by atoms with E-state index in [0.29, 0.717) is 16.4 Å². The predicted molar refractivity (Wildman–Crippen MR) is 45.8 cm³/mol. The summed E-state index contributed by atoms with van der Waals surface area (Å²) in [5.41, 5.74) is 0.789. The minimum absolute atomic E-state index is 0. The molecule has 0 saturated carbocycles. The maximum atomic E-state index is 12.0. The molecule has 0 unspecified atom stereocenters. The normalized spacial score (nSPS) is 11.3. The molecule has 1 aromatic heterocycles. The van der Waals surface area contributed by atoms with E-state index in [4.69, 9.17) is 11.6 Å². The third-order valence-corrected chi connectivity index (χ3v) is 2.22. The molecule has 0 amide bonds. The van der Waals surface area contributed by atoms with Crippen LogP contribution in [0.4, 0.5) is 12.9 Å². The molecule has 0 bridgehead atoms. The third kappa shape index (κ3) is 3.86. The van der Waals surface area contributed by atoms with Crippen molar-refractivity contribution < 1.29 is 64.3 Å². The van der Waals surface area contributed by atoms with Gasteiger partial charge < -0.3 is 12.9 Å². The number of rotatable bonds is 2. The summed E-state index contributed by atoms with van der Waals surface area (Å²) in [4.78, 5) is 0. The van der Waals surface area contributed by atoms with Crippen LogP contribution in [-0.4, -0.2) is 16.8 Å². The van der Waals surface area contributed by atoms with Gasteiger partial charge in [-0.25, -0.2) is 0 Å². The van der Waals surface area contributed by atoms with E-state index >= 15 is 0 Å². The van der Waals surface area contributed by atoms with Gasteiger partial charge in [-0.15, -0.1) is 0 Å². The molecule has 1 rings (SSSR count). The van der Waals surface area contributed by atoms with Crippen LogP contribution < -0.4 is 51.4 Å². The van der Waals surface area contributed by atoms with Crippen molar-refractivity contribution in [1.82, 2.24) is 9.78 Å². The van der Waals surface area contributed by atoms with Gasteiger partial charge in [0.1, 0.15) is 0 Å². The second-order valence-electron chi connectivity index (χ2n) is 2.88. The van der Waals surface area contributed by atoms with Crippen molar-refractivity contribution in [3.63, 3.8) is 0 Å². The van der Waals surface area contributed by atoms with Crippen LogP contribution in [0.3, 0.4) is 0 Å². The van der Waals surface area contributed by atoms with Gasteiger partial charge in [0.05, 0.1) is 16.4 Å². The quantitative estimate of drug-likeness (QED) is 0.650. The van der Waals surface area contributed by atoms with E-state index in [-0.39, 0.29) is 51.4 Å². The SMILES string of the molecule is Cc1nn(C[B-](F)(F)F)c(C)c1Cl.[K+]. The van der Waals surface area contributed by atoms with E-state index in [1.807, 2.05) is 0 Å². The monoisotopic (exact) mass is 250 g/mol. The Bertz CT molecular complexity index is 326. The first-order valence-corrected chi connectivity index (χ1v) is 4.09. The Morgan fingerprint density at radius 3 is 2.14 bits per heavy atom. The fourth-order valence-electron chi connectivity index (χ4n) is 1.05. The van der Waals surface area contributed by atoms with Gasteiger partial charge in [-0.1, -0.05) is 11.6 Å². The Morgan fingerprint density at radius 2 is 1.86 bits per heavy atom. The van der Waals surface area contributed by atoms with E-state index in [1.54, 1.807) is 6.92 Å². The summed E-state index contributed by atoms with van der Waals surface area (Å²) < 4.78 is 36.9. The van der Waals surface area contributed by atoms with Crippen molar-refractivity contribution >= 4 is 18.6 Å². The predicted octanol–water partition coefficient (Wildman–Crippen LogP) is -0.456. The van der Waals surface area contributed by atoms with Crippen LogP contribution in [0, 0.1) is 13.8 Å². The van der Waals surface area contributed by atoms with Gasteiger partial charge in [0.2, 0.25) is 0 Å². The van der Waals surface area contributed by atoms with Crippen molar-refractivity contribution in [2.75, 3.05) is 0 Å². The number of aryl methyl sites for hydroxylation is 1. The first kappa shape index (κ1) is 15.0. The molecule has 0 aliphatic heterocycles.